The maximum atomic E-state index is 12.2. The molecule has 0 aliphatic heterocycles. The Morgan fingerprint density at radius 3 is 2.79 bits per heavy atom. The van der Waals surface area contributed by atoms with Gasteiger partial charge in [-0.2, -0.15) is 0 Å². The number of rotatable bonds is 4. The van der Waals surface area contributed by atoms with Crippen molar-refractivity contribution in [3.63, 3.8) is 0 Å². The normalized spacial score (nSPS) is 12.1. The Labute approximate surface area is 117 Å². The summed E-state index contributed by atoms with van der Waals surface area (Å²) < 4.78 is 0. The predicted octanol–water partition coefficient (Wildman–Crippen LogP) is 3.09. The molecule has 2 rings (SSSR count). The zero-order valence-electron chi connectivity index (χ0n) is 11.2. The van der Waals surface area contributed by atoms with E-state index in [1.807, 2.05) is 55.7 Å². The summed E-state index contributed by atoms with van der Waals surface area (Å²) in [4.78, 5) is 15.1. The first-order valence-corrected chi connectivity index (χ1v) is 7.09. The average molecular weight is 274 g/mol. The molecule has 4 heteroatoms. The third-order valence-corrected chi connectivity index (χ3v) is 4.15. The molecule has 0 saturated heterocycles. The zero-order chi connectivity index (χ0) is 13.8. The highest BCUT2D eigenvalue weighted by atomic mass is 32.1. The molecule has 0 fully saturated rings. The summed E-state index contributed by atoms with van der Waals surface area (Å²) in [5.74, 6) is 0.123. The van der Waals surface area contributed by atoms with Gasteiger partial charge in [-0.3, -0.25) is 4.79 Å². The SMILES string of the molecule is CC(c1cccc(N)c1)N(C)C(=O)Cc1cccs1. The Kier molecular flexibility index (Phi) is 4.22. The maximum Gasteiger partial charge on any atom is 0.228 e. The molecule has 0 spiro atoms. The van der Waals surface area contributed by atoms with Gasteiger partial charge in [-0.05, 0) is 36.1 Å². The molecule has 1 unspecified atom stereocenters. The number of amides is 1. The van der Waals surface area contributed by atoms with E-state index in [9.17, 15) is 4.79 Å². The van der Waals surface area contributed by atoms with E-state index in [4.69, 9.17) is 5.73 Å². The van der Waals surface area contributed by atoms with Crippen LogP contribution in [0.15, 0.2) is 41.8 Å². The van der Waals surface area contributed by atoms with E-state index in [-0.39, 0.29) is 11.9 Å². The van der Waals surface area contributed by atoms with E-state index >= 15 is 0 Å². The van der Waals surface area contributed by atoms with Crippen molar-refractivity contribution >= 4 is 22.9 Å². The number of hydrogen-bond donors (Lipinski definition) is 1. The lowest BCUT2D eigenvalue weighted by Crippen LogP contribution is -2.30. The molecule has 2 N–H and O–H groups in total. The van der Waals surface area contributed by atoms with Gasteiger partial charge in [0.05, 0.1) is 12.5 Å². The summed E-state index contributed by atoms with van der Waals surface area (Å²) in [5.41, 5.74) is 7.56. The molecule has 0 aliphatic carbocycles. The van der Waals surface area contributed by atoms with Crippen LogP contribution in [0.25, 0.3) is 0 Å². The number of nitrogen functional groups attached to an aromatic ring is 1. The van der Waals surface area contributed by atoms with Gasteiger partial charge in [0.25, 0.3) is 0 Å². The molecule has 1 amide bonds. The lowest BCUT2D eigenvalue weighted by molar-refractivity contribution is -0.131. The van der Waals surface area contributed by atoms with Crippen molar-refractivity contribution in [2.45, 2.75) is 19.4 Å². The van der Waals surface area contributed by atoms with Crippen molar-refractivity contribution in [2.24, 2.45) is 0 Å². The first-order chi connectivity index (χ1) is 9.08. The predicted molar refractivity (Wildman–Crippen MR) is 80.1 cm³/mol. The minimum atomic E-state index is 0.0240. The smallest absolute Gasteiger partial charge is 0.228 e. The van der Waals surface area contributed by atoms with Crippen molar-refractivity contribution in [2.75, 3.05) is 12.8 Å². The van der Waals surface area contributed by atoms with Gasteiger partial charge in [-0.15, -0.1) is 11.3 Å². The largest absolute Gasteiger partial charge is 0.399 e. The molecule has 0 saturated carbocycles. The number of nitrogens with zero attached hydrogens (tertiary/aromatic N) is 1. The van der Waals surface area contributed by atoms with Crippen LogP contribution in [0, 0.1) is 0 Å². The second-order valence-corrected chi connectivity index (χ2v) is 5.64. The Morgan fingerprint density at radius 2 is 2.16 bits per heavy atom. The molecule has 0 aliphatic rings. The standard InChI is InChI=1S/C15H18N2OS/c1-11(12-5-3-6-13(16)9-12)17(2)15(18)10-14-7-4-8-19-14/h3-9,11H,10,16H2,1-2H3. The van der Waals surface area contributed by atoms with Crippen molar-refractivity contribution in [3.8, 4) is 0 Å². The summed E-state index contributed by atoms with van der Waals surface area (Å²) >= 11 is 1.61. The molecule has 1 atom stereocenters. The second kappa shape index (κ2) is 5.89. The van der Waals surface area contributed by atoms with E-state index < -0.39 is 0 Å². The molecule has 3 nitrogen and oxygen atoms in total. The lowest BCUT2D eigenvalue weighted by Gasteiger charge is -2.25. The van der Waals surface area contributed by atoms with Crippen LogP contribution in [0.1, 0.15) is 23.4 Å². The number of likely N-dealkylation sites (N-methyl/N-ethyl adjacent to an activating group) is 1. The third-order valence-electron chi connectivity index (χ3n) is 3.27. The first kappa shape index (κ1) is 13.6. The van der Waals surface area contributed by atoms with Crippen LogP contribution in [-0.2, 0) is 11.2 Å². The van der Waals surface area contributed by atoms with E-state index in [0.29, 0.717) is 6.42 Å². The molecular formula is C15H18N2OS. The van der Waals surface area contributed by atoms with Crippen molar-refractivity contribution < 1.29 is 4.79 Å². The molecular weight excluding hydrogens is 256 g/mol. The highest BCUT2D eigenvalue weighted by Crippen LogP contribution is 2.22. The fourth-order valence-corrected chi connectivity index (χ4v) is 2.64. The number of nitrogens with two attached hydrogens (primary N) is 1. The minimum absolute atomic E-state index is 0.0240. The van der Waals surface area contributed by atoms with Crippen LogP contribution in [0.4, 0.5) is 5.69 Å². The van der Waals surface area contributed by atoms with Gasteiger partial charge in [0.2, 0.25) is 5.91 Å². The van der Waals surface area contributed by atoms with Gasteiger partial charge in [0.1, 0.15) is 0 Å². The van der Waals surface area contributed by atoms with Gasteiger partial charge in [0, 0.05) is 17.6 Å². The summed E-state index contributed by atoms with van der Waals surface area (Å²) in [6, 6.07) is 11.7. The van der Waals surface area contributed by atoms with Crippen LogP contribution in [0.3, 0.4) is 0 Å². The monoisotopic (exact) mass is 274 g/mol. The summed E-state index contributed by atoms with van der Waals surface area (Å²) in [6.07, 6.45) is 0.459. The Balaban J connectivity index is 2.06. The summed E-state index contributed by atoms with van der Waals surface area (Å²) in [6.45, 7) is 2.01. The molecule has 2 aromatic rings. The van der Waals surface area contributed by atoms with Crippen LogP contribution >= 0.6 is 11.3 Å². The van der Waals surface area contributed by atoms with Gasteiger partial charge >= 0.3 is 0 Å². The van der Waals surface area contributed by atoms with Crippen LogP contribution in [0.5, 0.6) is 0 Å². The molecule has 0 bridgehead atoms. The zero-order valence-corrected chi connectivity index (χ0v) is 12.0. The molecule has 100 valence electrons. The maximum absolute atomic E-state index is 12.2. The van der Waals surface area contributed by atoms with Gasteiger partial charge in [-0.1, -0.05) is 18.2 Å². The average Bonchev–Trinajstić information content (AvgIpc) is 2.89. The Hall–Kier alpha value is -1.81. The van der Waals surface area contributed by atoms with E-state index in [2.05, 4.69) is 0 Å². The minimum Gasteiger partial charge on any atom is -0.399 e. The quantitative estimate of drug-likeness (QED) is 0.871. The topological polar surface area (TPSA) is 46.3 Å². The van der Waals surface area contributed by atoms with Gasteiger partial charge in [-0.25, -0.2) is 0 Å². The van der Waals surface area contributed by atoms with Crippen LogP contribution in [0.2, 0.25) is 0 Å². The lowest BCUT2D eigenvalue weighted by atomic mass is 10.1. The van der Waals surface area contributed by atoms with Crippen LogP contribution in [-0.4, -0.2) is 17.9 Å². The highest BCUT2D eigenvalue weighted by Gasteiger charge is 2.17. The number of thiophene rings is 1. The van der Waals surface area contributed by atoms with Crippen molar-refractivity contribution in [1.29, 1.82) is 0 Å². The Bertz CT molecular complexity index is 551. The molecule has 19 heavy (non-hydrogen) atoms. The summed E-state index contributed by atoms with van der Waals surface area (Å²) in [7, 11) is 1.84. The molecule has 0 radical (unpaired) electrons. The number of carbonyl (C=O) groups excluding carboxylic acids is 1. The second-order valence-electron chi connectivity index (χ2n) is 4.61. The van der Waals surface area contributed by atoms with E-state index in [1.165, 1.54) is 0 Å². The van der Waals surface area contributed by atoms with E-state index in [0.717, 1.165) is 16.1 Å². The van der Waals surface area contributed by atoms with Crippen molar-refractivity contribution in [3.05, 3.63) is 52.2 Å². The van der Waals surface area contributed by atoms with Crippen molar-refractivity contribution in [1.82, 2.24) is 4.90 Å². The molecule has 1 aromatic heterocycles. The number of anilines is 1. The Morgan fingerprint density at radius 1 is 1.37 bits per heavy atom. The van der Waals surface area contributed by atoms with Gasteiger partial charge < -0.3 is 10.6 Å². The van der Waals surface area contributed by atoms with Gasteiger partial charge in [0.15, 0.2) is 0 Å². The number of carbonyl (C=O) groups is 1. The molecule has 1 heterocycles. The van der Waals surface area contributed by atoms with E-state index in [1.54, 1.807) is 16.2 Å². The highest BCUT2D eigenvalue weighted by molar-refractivity contribution is 7.10. The summed E-state index contributed by atoms with van der Waals surface area (Å²) in [5, 5.41) is 1.99. The number of hydrogen-bond acceptors (Lipinski definition) is 3. The third kappa shape index (κ3) is 3.35. The first-order valence-electron chi connectivity index (χ1n) is 6.21. The fourth-order valence-electron chi connectivity index (χ4n) is 1.95. The fraction of sp³-hybridized carbons (Fsp3) is 0.267. The van der Waals surface area contributed by atoms with Crippen LogP contribution < -0.4 is 5.73 Å². The molecule has 1 aromatic carbocycles. The number of benzene rings is 1.